The summed E-state index contributed by atoms with van der Waals surface area (Å²) in [4.78, 5) is 11.7. The van der Waals surface area contributed by atoms with E-state index in [1.165, 1.54) is 0 Å². The average molecular weight is 276 g/mol. The summed E-state index contributed by atoms with van der Waals surface area (Å²) >= 11 is 0. The quantitative estimate of drug-likeness (QED) is 0.739. The summed E-state index contributed by atoms with van der Waals surface area (Å²) < 4.78 is 0. The zero-order valence-electron chi connectivity index (χ0n) is 12.3. The van der Waals surface area contributed by atoms with Gasteiger partial charge in [0.25, 0.3) is 0 Å². The Morgan fingerprint density at radius 2 is 1.95 bits per heavy atom. The van der Waals surface area contributed by atoms with Gasteiger partial charge in [-0.3, -0.25) is 0 Å². The van der Waals surface area contributed by atoms with Gasteiger partial charge in [0.15, 0.2) is 0 Å². The lowest BCUT2D eigenvalue weighted by atomic mass is 10.1. The molecule has 3 N–H and O–H groups in total. The molecule has 2 aliphatic heterocycles. The van der Waals surface area contributed by atoms with Crippen LogP contribution in [0.3, 0.4) is 0 Å². The first-order valence-electron chi connectivity index (χ1n) is 7.54. The Balaban J connectivity index is 1.82. The van der Waals surface area contributed by atoms with E-state index in [-0.39, 0.29) is 0 Å². The molecule has 0 aromatic carbocycles. The second-order valence-corrected chi connectivity index (χ2v) is 5.87. The van der Waals surface area contributed by atoms with Crippen molar-refractivity contribution in [1.82, 2.24) is 20.6 Å². The molecule has 2 saturated heterocycles. The number of nitrogens with one attached hydrogen (secondary N) is 3. The van der Waals surface area contributed by atoms with Gasteiger partial charge in [0, 0.05) is 45.3 Å². The van der Waals surface area contributed by atoms with Gasteiger partial charge in [0.2, 0.25) is 5.95 Å². The highest BCUT2D eigenvalue weighted by Gasteiger charge is 2.20. The van der Waals surface area contributed by atoms with Crippen LogP contribution in [0.25, 0.3) is 0 Å². The molecule has 0 atom stereocenters. The van der Waals surface area contributed by atoms with Gasteiger partial charge in [-0.15, -0.1) is 0 Å². The Kier molecular flexibility index (Phi) is 4.03. The normalized spacial score (nSPS) is 20.1. The van der Waals surface area contributed by atoms with Gasteiger partial charge in [0.05, 0.1) is 11.7 Å². The fourth-order valence-electron chi connectivity index (χ4n) is 2.43. The number of piperazine rings is 1. The van der Waals surface area contributed by atoms with Gasteiger partial charge in [0.1, 0.15) is 5.82 Å². The van der Waals surface area contributed by atoms with Gasteiger partial charge in [-0.1, -0.05) is 13.8 Å². The minimum absolute atomic E-state index is 0.416. The Labute approximate surface area is 120 Å². The molecule has 1 aromatic heterocycles. The summed E-state index contributed by atoms with van der Waals surface area (Å²) in [5, 5.41) is 10.1. The molecule has 6 heteroatoms. The predicted octanol–water partition coefficient (Wildman–Crippen LogP) is 0.393. The van der Waals surface area contributed by atoms with E-state index in [4.69, 9.17) is 9.97 Å². The Bertz CT molecular complexity index is 451. The van der Waals surface area contributed by atoms with Gasteiger partial charge < -0.3 is 20.9 Å². The molecule has 0 amide bonds. The van der Waals surface area contributed by atoms with Crippen LogP contribution >= 0.6 is 0 Å². The largest absolute Gasteiger partial charge is 0.365 e. The molecule has 0 aliphatic carbocycles. The second-order valence-electron chi connectivity index (χ2n) is 5.87. The van der Waals surface area contributed by atoms with Crippen LogP contribution in [0.15, 0.2) is 6.07 Å². The zero-order chi connectivity index (χ0) is 13.9. The van der Waals surface area contributed by atoms with Crippen molar-refractivity contribution in [2.24, 2.45) is 0 Å². The van der Waals surface area contributed by atoms with Crippen molar-refractivity contribution in [1.29, 1.82) is 0 Å². The highest BCUT2D eigenvalue weighted by atomic mass is 15.3. The van der Waals surface area contributed by atoms with Crippen LogP contribution in [0.2, 0.25) is 0 Å². The third kappa shape index (κ3) is 3.02. The highest BCUT2D eigenvalue weighted by Crippen LogP contribution is 2.21. The standard InChI is InChI=1S/C14H24N6/c1-10(2)12-7-13(17-11-8-16-9-11)19-14(18-12)20-5-3-15-4-6-20/h7,10-11,15-16H,3-6,8-9H2,1-2H3,(H,17,18,19). The molecule has 2 fully saturated rings. The van der Waals surface area contributed by atoms with Crippen molar-refractivity contribution < 1.29 is 0 Å². The van der Waals surface area contributed by atoms with Gasteiger partial charge >= 0.3 is 0 Å². The molecule has 3 rings (SSSR count). The first-order chi connectivity index (χ1) is 9.72. The summed E-state index contributed by atoms with van der Waals surface area (Å²) in [6.45, 7) is 10.4. The second kappa shape index (κ2) is 5.93. The number of rotatable bonds is 4. The van der Waals surface area contributed by atoms with E-state index in [1.54, 1.807) is 0 Å². The molecule has 110 valence electrons. The molecular weight excluding hydrogens is 252 g/mol. The summed E-state index contributed by atoms with van der Waals surface area (Å²) in [6, 6.07) is 2.59. The van der Waals surface area contributed by atoms with Crippen molar-refractivity contribution in [2.45, 2.75) is 25.8 Å². The highest BCUT2D eigenvalue weighted by molar-refractivity contribution is 5.46. The molecule has 1 aromatic rings. The molecule has 6 nitrogen and oxygen atoms in total. The molecule has 20 heavy (non-hydrogen) atoms. The smallest absolute Gasteiger partial charge is 0.227 e. The Morgan fingerprint density at radius 3 is 2.55 bits per heavy atom. The lowest BCUT2D eigenvalue weighted by Gasteiger charge is -2.31. The number of anilines is 2. The summed E-state index contributed by atoms with van der Waals surface area (Å²) in [5.74, 6) is 2.25. The summed E-state index contributed by atoms with van der Waals surface area (Å²) in [5.41, 5.74) is 1.11. The van der Waals surface area contributed by atoms with E-state index in [0.29, 0.717) is 12.0 Å². The number of hydrogen-bond donors (Lipinski definition) is 3. The minimum atomic E-state index is 0.416. The molecule has 3 heterocycles. The molecule has 0 unspecified atom stereocenters. The van der Waals surface area contributed by atoms with Crippen LogP contribution in [0.1, 0.15) is 25.5 Å². The maximum atomic E-state index is 4.74. The Hall–Kier alpha value is -1.40. The lowest BCUT2D eigenvalue weighted by molar-refractivity contribution is 0.470. The van der Waals surface area contributed by atoms with E-state index in [2.05, 4.69) is 40.8 Å². The first-order valence-corrected chi connectivity index (χ1v) is 7.54. The van der Waals surface area contributed by atoms with E-state index >= 15 is 0 Å². The molecule has 0 saturated carbocycles. The van der Waals surface area contributed by atoms with Gasteiger partial charge in [-0.05, 0) is 5.92 Å². The Morgan fingerprint density at radius 1 is 1.20 bits per heavy atom. The summed E-state index contributed by atoms with van der Waals surface area (Å²) in [7, 11) is 0. The van der Waals surface area contributed by atoms with Crippen LogP contribution in [-0.4, -0.2) is 55.3 Å². The van der Waals surface area contributed by atoms with Crippen molar-refractivity contribution in [2.75, 3.05) is 49.5 Å². The monoisotopic (exact) mass is 276 g/mol. The lowest BCUT2D eigenvalue weighted by Crippen LogP contribution is -2.51. The number of nitrogens with zero attached hydrogens (tertiary/aromatic N) is 3. The maximum absolute atomic E-state index is 4.74. The zero-order valence-corrected chi connectivity index (χ0v) is 12.3. The molecule has 2 aliphatic rings. The van der Waals surface area contributed by atoms with Crippen LogP contribution in [0.5, 0.6) is 0 Å². The third-order valence-corrected chi connectivity index (χ3v) is 3.86. The average Bonchev–Trinajstić information content (AvgIpc) is 2.43. The van der Waals surface area contributed by atoms with Crippen LogP contribution < -0.4 is 20.9 Å². The fourth-order valence-corrected chi connectivity index (χ4v) is 2.43. The maximum Gasteiger partial charge on any atom is 0.227 e. The van der Waals surface area contributed by atoms with Crippen molar-refractivity contribution in [3.05, 3.63) is 11.8 Å². The first kappa shape index (κ1) is 13.6. The van der Waals surface area contributed by atoms with E-state index < -0.39 is 0 Å². The van der Waals surface area contributed by atoms with E-state index in [1.807, 2.05) is 0 Å². The molecule has 0 bridgehead atoms. The van der Waals surface area contributed by atoms with Crippen molar-refractivity contribution in [3.63, 3.8) is 0 Å². The predicted molar refractivity (Wildman–Crippen MR) is 81.5 cm³/mol. The summed E-state index contributed by atoms with van der Waals surface area (Å²) in [6.07, 6.45) is 0. The molecular formula is C14H24N6. The number of hydrogen-bond acceptors (Lipinski definition) is 6. The van der Waals surface area contributed by atoms with Crippen LogP contribution in [-0.2, 0) is 0 Å². The van der Waals surface area contributed by atoms with Gasteiger partial charge in [-0.25, -0.2) is 4.98 Å². The van der Waals surface area contributed by atoms with Crippen LogP contribution in [0, 0.1) is 0 Å². The minimum Gasteiger partial charge on any atom is -0.365 e. The SMILES string of the molecule is CC(C)c1cc(NC2CNC2)nc(N2CCNCC2)n1. The van der Waals surface area contributed by atoms with Crippen molar-refractivity contribution >= 4 is 11.8 Å². The fraction of sp³-hybridized carbons (Fsp3) is 0.714. The number of aromatic nitrogens is 2. The van der Waals surface area contributed by atoms with Crippen molar-refractivity contribution in [3.8, 4) is 0 Å². The van der Waals surface area contributed by atoms with E-state index in [9.17, 15) is 0 Å². The molecule has 0 spiro atoms. The molecule has 0 radical (unpaired) electrons. The van der Waals surface area contributed by atoms with Gasteiger partial charge in [-0.2, -0.15) is 4.98 Å². The third-order valence-electron chi connectivity index (χ3n) is 3.86. The topological polar surface area (TPSA) is 65.1 Å². The van der Waals surface area contributed by atoms with Crippen LogP contribution in [0.4, 0.5) is 11.8 Å². The van der Waals surface area contributed by atoms with E-state index in [0.717, 1.165) is 56.7 Å².